The number of hydrogen-bond donors (Lipinski definition) is 1. The fraction of sp³-hybridized carbons (Fsp3) is 0.600. The topological polar surface area (TPSA) is 26.0 Å². The zero-order valence-electron chi connectivity index (χ0n) is 11.7. The Labute approximate surface area is 100 Å². The molecule has 1 heteroatoms. The molecule has 0 aliphatic heterocycles. The van der Waals surface area contributed by atoms with Crippen LogP contribution in [0.3, 0.4) is 0 Å². The van der Waals surface area contributed by atoms with E-state index in [1.54, 1.807) is 0 Å². The molecule has 0 unspecified atom stereocenters. The van der Waals surface area contributed by atoms with E-state index in [9.17, 15) is 0 Å². The summed E-state index contributed by atoms with van der Waals surface area (Å²) in [6.45, 7) is 15.5. The number of nitrogens with two attached hydrogens (primary N) is 1. The molecule has 0 spiro atoms. The number of aryl methyl sites for hydroxylation is 1. The van der Waals surface area contributed by atoms with Gasteiger partial charge in [0.05, 0.1) is 0 Å². The van der Waals surface area contributed by atoms with Gasteiger partial charge in [-0.2, -0.15) is 0 Å². The van der Waals surface area contributed by atoms with Crippen molar-refractivity contribution in [3.05, 3.63) is 28.8 Å². The predicted octanol–water partition coefficient (Wildman–Crippen LogP) is 4.17. The van der Waals surface area contributed by atoms with Crippen molar-refractivity contribution in [2.75, 3.05) is 5.73 Å². The number of rotatable bonds is 0. The average molecular weight is 219 g/mol. The van der Waals surface area contributed by atoms with Gasteiger partial charge in [-0.1, -0.05) is 47.6 Å². The number of anilines is 1. The standard InChI is InChI=1S/C15H25N/c1-10-8-13(16)12(15(5,6)7)9-11(10)14(2,3)4/h8-9H,16H2,1-7H3. The van der Waals surface area contributed by atoms with Crippen LogP contribution in [0.2, 0.25) is 0 Å². The largest absolute Gasteiger partial charge is 0.398 e. The smallest absolute Gasteiger partial charge is 0.0354 e. The van der Waals surface area contributed by atoms with Gasteiger partial charge in [0.1, 0.15) is 0 Å². The molecule has 2 N–H and O–H groups in total. The first-order chi connectivity index (χ1) is 7.03. The van der Waals surface area contributed by atoms with E-state index in [0.29, 0.717) is 0 Å². The maximum Gasteiger partial charge on any atom is 0.0354 e. The third kappa shape index (κ3) is 2.58. The van der Waals surface area contributed by atoms with E-state index < -0.39 is 0 Å². The number of nitrogen functional groups attached to an aromatic ring is 1. The van der Waals surface area contributed by atoms with E-state index in [4.69, 9.17) is 5.73 Å². The minimum Gasteiger partial charge on any atom is -0.398 e. The normalized spacial score (nSPS) is 12.9. The lowest BCUT2D eigenvalue weighted by Crippen LogP contribution is -2.19. The summed E-state index contributed by atoms with van der Waals surface area (Å²) in [4.78, 5) is 0. The van der Waals surface area contributed by atoms with Crippen LogP contribution >= 0.6 is 0 Å². The maximum absolute atomic E-state index is 6.12. The summed E-state index contributed by atoms with van der Waals surface area (Å²) in [6.07, 6.45) is 0. The highest BCUT2D eigenvalue weighted by atomic mass is 14.6. The van der Waals surface area contributed by atoms with Crippen LogP contribution in [0.4, 0.5) is 5.69 Å². The Morgan fingerprint density at radius 1 is 0.812 bits per heavy atom. The monoisotopic (exact) mass is 219 g/mol. The molecular formula is C15H25N. The van der Waals surface area contributed by atoms with Crippen molar-refractivity contribution in [2.24, 2.45) is 0 Å². The molecule has 0 aromatic heterocycles. The van der Waals surface area contributed by atoms with Gasteiger partial charge in [0.15, 0.2) is 0 Å². The SMILES string of the molecule is Cc1cc(N)c(C(C)(C)C)cc1C(C)(C)C. The highest BCUT2D eigenvalue weighted by molar-refractivity contribution is 5.56. The van der Waals surface area contributed by atoms with Gasteiger partial charge in [0, 0.05) is 5.69 Å². The molecule has 0 amide bonds. The lowest BCUT2D eigenvalue weighted by atomic mass is 9.78. The molecule has 0 atom stereocenters. The Hall–Kier alpha value is -0.980. The molecule has 1 aromatic carbocycles. The molecule has 1 nitrogen and oxygen atoms in total. The zero-order valence-corrected chi connectivity index (χ0v) is 11.7. The number of benzene rings is 1. The summed E-state index contributed by atoms with van der Waals surface area (Å²) in [5, 5.41) is 0. The Bertz CT molecular complexity index is 354. The second-order valence-corrected chi connectivity index (χ2v) is 6.75. The van der Waals surface area contributed by atoms with Gasteiger partial charge in [-0.15, -0.1) is 0 Å². The van der Waals surface area contributed by atoms with Crippen molar-refractivity contribution < 1.29 is 0 Å². The van der Waals surface area contributed by atoms with Crippen LogP contribution in [0.15, 0.2) is 12.1 Å². The van der Waals surface area contributed by atoms with E-state index in [2.05, 4.69) is 60.6 Å². The van der Waals surface area contributed by atoms with Crippen LogP contribution < -0.4 is 5.73 Å². The fourth-order valence-corrected chi connectivity index (χ4v) is 2.19. The van der Waals surface area contributed by atoms with E-state index in [-0.39, 0.29) is 10.8 Å². The van der Waals surface area contributed by atoms with Crippen molar-refractivity contribution >= 4 is 5.69 Å². The van der Waals surface area contributed by atoms with Crippen LogP contribution in [0.5, 0.6) is 0 Å². The van der Waals surface area contributed by atoms with Gasteiger partial charge >= 0.3 is 0 Å². The van der Waals surface area contributed by atoms with E-state index in [1.165, 1.54) is 16.7 Å². The Morgan fingerprint density at radius 3 is 1.62 bits per heavy atom. The van der Waals surface area contributed by atoms with E-state index >= 15 is 0 Å². The first-order valence-corrected chi connectivity index (χ1v) is 5.94. The molecule has 0 aliphatic carbocycles. The summed E-state index contributed by atoms with van der Waals surface area (Å²) in [5.74, 6) is 0. The lowest BCUT2D eigenvalue weighted by Gasteiger charge is -2.28. The molecule has 16 heavy (non-hydrogen) atoms. The summed E-state index contributed by atoms with van der Waals surface area (Å²) >= 11 is 0. The van der Waals surface area contributed by atoms with Crippen molar-refractivity contribution in [3.63, 3.8) is 0 Å². The maximum atomic E-state index is 6.12. The Morgan fingerprint density at radius 2 is 1.25 bits per heavy atom. The fourth-order valence-electron chi connectivity index (χ4n) is 2.19. The number of hydrogen-bond acceptors (Lipinski definition) is 1. The Kier molecular flexibility index (Phi) is 3.11. The second kappa shape index (κ2) is 3.80. The lowest BCUT2D eigenvalue weighted by molar-refractivity contribution is 0.567. The summed E-state index contributed by atoms with van der Waals surface area (Å²) in [7, 11) is 0. The molecule has 0 aliphatic rings. The van der Waals surface area contributed by atoms with Crippen LogP contribution in [0, 0.1) is 6.92 Å². The molecule has 0 saturated carbocycles. The average Bonchev–Trinajstić information content (AvgIpc) is 1.97. The first-order valence-electron chi connectivity index (χ1n) is 5.94. The van der Waals surface area contributed by atoms with Crippen LogP contribution in [-0.4, -0.2) is 0 Å². The van der Waals surface area contributed by atoms with Crippen molar-refractivity contribution in [1.29, 1.82) is 0 Å². The molecular weight excluding hydrogens is 194 g/mol. The second-order valence-electron chi connectivity index (χ2n) is 6.75. The molecule has 90 valence electrons. The van der Waals surface area contributed by atoms with Crippen LogP contribution in [0.1, 0.15) is 58.2 Å². The van der Waals surface area contributed by atoms with Crippen molar-refractivity contribution in [2.45, 2.75) is 59.3 Å². The molecule has 0 bridgehead atoms. The predicted molar refractivity (Wildman–Crippen MR) is 73.0 cm³/mol. The van der Waals surface area contributed by atoms with E-state index in [0.717, 1.165) is 5.69 Å². The van der Waals surface area contributed by atoms with Gasteiger partial charge in [-0.25, -0.2) is 0 Å². The molecule has 0 saturated heterocycles. The van der Waals surface area contributed by atoms with Gasteiger partial charge < -0.3 is 5.73 Å². The van der Waals surface area contributed by atoms with Crippen molar-refractivity contribution in [1.82, 2.24) is 0 Å². The third-order valence-electron chi connectivity index (χ3n) is 3.01. The quantitative estimate of drug-likeness (QED) is 0.651. The minimum absolute atomic E-state index is 0.109. The molecule has 0 radical (unpaired) electrons. The minimum atomic E-state index is 0.109. The molecule has 1 rings (SSSR count). The van der Waals surface area contributed by atoms with Crippen LogP contribution in [0.25, 0.3) is 0 Å². The van der Waals surface area contributed by atoms with Gasteiger partial charge in [-0.3, -0.25) is 0 Å². The third-order valence-corrected chi connectivity index (χ3v) is 3.01. The van der Waals surface area contributed by atoms with Crippen molar-refractivity contribution in [3.8, 4) is 0 Å². The molecule has 0 heterocycles. The summed E-state index contributed by atoms with van der Waals surface area (Å²) in [5.41, 5.74) is 11.3. The van der Waals surface area contributed by atoms with Crippen LogP contribution in [-0.2, 0) is 10.8 Å². The van der Waals surface area contributed by atoms with Gasteiger partial charge in [0.25, 0.3) is 0 Å². The Balaban J connectivity index is 3.45. The first kappa shape index (κ1) is 13.1. The van der Waals surface area contributed by atoms with Gasteiger partial charge in [-0.05, 0) is 40.5 Å². The molecule has 0 fully saturated rings. The highest BCUT2D eigenvalue weighted by Gasteiger charge is 2.22. The van der Waals surface area contributed by atoms with Gasteiger partial charge in [0.2, 0.25) is 0 Å². The highest BCUT2D eigenvalue weighted by Crippen LogP contribution is 2.34. The zero-order chi connectivity index (χ0) is 12.7. The summed E-state index contributed by atoms with van der Waals surface area (Å²) < 4.78 is 0. The van der Waals surface area contributed by atoms with E-state index in [1.807, 2.05) is 0 Å². The summed E-state index contributed by atoms with van der Waals surface area (Å²) in [6, 6.07) is 4.39. The molecule has 1 aromatic rings.